The van der Waals surface area contributed by atoms with E-state index in [1.54, 1.807) is 121 Å². The minimum atomic E-state index is -0.952. The van der Waals surface area contributed by atoms with Gasteiger partial charge in [0.25, 0.3) is 23.6 Å². The first-order valence-electron chi connectivity index (χ1n) is 36.2. The highest BCUT2D eigenvalue weighted by molar-refractivity contribution is 6.85. The second-order valence-electron chi connectivity index (χ2n) is 27.2. The van der Waals surface area contributed by atoms with Gasteiger partial charge in [-0.15, -0.1) is 0 Å². The number of amides is 4. The normalized spacial score (nSPS) is 12.8. The summed E-state index contributed by atoms with van der Waals surface area (Å²) in [6, 6.07) is 86.3. The second-order valence-corrected chi connectivity index (χ2v) is 28.8. The Morgan fingerprint density at radius 2 is 0.750 bits per heavy atom. The van der Waals surface area contributed by atoms with Crippen molar-refractivity contribution in [3.8, 4) is 40.1 Å². The van der Waals surface area contributed by atoms with Gasteiger partial charge < -0.3 is 18.4 Å². The van der Waals surface area contributed by atoms with E-state index in [0.717, 1.165) is 9.80 Å². The highest BCUT2D eigenvalue weighted by Gasteiger charge is 2.41. The number of carbonyl (C=O) groups is 6. The Morgan fingerprint density at radius 1 is 0.397 bits per heavy atom. The van der Waals surface area contributed by atoms with Crippen LogP contribution in [0.25, 0.3) is 71.5 Å². The van der Waals surface area contributed by atoms with Crippen LogP contribution >= 0.6 is 46.4 Å². The molecule has 0 atom stereocenters. The molecule has 0 N–H and O–H groups in total. The smallest absolute Gasteiger partial charge is 0.343 e. The van der Waals surface area contributed by atoms with Crippen LogP contribution in [-0.4, -0.2) is 78.2 Å². The third kappa shape index (κ3) is 12.9. The summed E-state index contributed by atoms with van der Waals surface area (Å²) in [4.78, 5) is 113. The van der Waals surface area contributed by atoms with Crippen LogP contribution in [0.5, 0.6) is 11.5 Å². The average Bonchev–Trinajstić information content (AvgIpc) is 1.52. The zero-order chi connectivity index (χ0) is 79.6. The summed E-state index contributed by atoms with van der Waals surface area (Å²) in [5.74, 6) is -4.15. The SMILES string of the molecule is [C-]#[N+]/C(c1cnc2cc(Cl)c(Cl)cc2n1)=c1\c2c(-c3cccc(OC(=O)c4ccc5c(c4)C(=O)N(c4ccccc4)C5=O)c3)n(B(c3ccccc3)c3ccccc3)/c(=C(/C#N)c3cnc4cc(Cl)c(Cl)cc4n3)c2c(-c2cccc(OC(=O)c3ccc4c(c3)C(=O)N(c3ccccc3)C4=O)c2)n1B(c1ccccc1)c1ccccc1. The summed E-state index contributed by atoms with van der Waals surface area (Å²) in [6.07, 6.45) is 2.96. The number of esters is 2. The number of nitriles is 1. The predicted molar refractivity (Wildman–Crippen MR) is 451 cm³/mol. The fraction of sp³-hybridized carbons (Fsp3) is 0. The van der Waals surface area contributed by atoms with E-state index in [4.69, 9.17) is 75.8 Å². The molecule has 2 aliphatic heterocycles. The number of halogens is 4. The van der Waals surface area contributed by atoms with Crippen molar-refractivity contribution in [1.29, 1.82) is 5.26 Å². The molecule has 0 spiro atoms. The van der Waals surface area contributed by atoms with Gasteiger partial charge in [-0.2, -0.15) is 5.26 Å². The molecule has 18 rings (SSSR count). The fourth-order valence-corrected chi connectivity index (χ4v) is 15.9. The van der Waals surface area contributed by atoms with Crippen LogP contribution < -0.4 is 51.8 Å². The van der Waals surface area contributed by atoms with Gasteiger partial charge in [-0.1, -0.05) is 250 Å². The van der Waals surface area contributed by atoms with Crippen LogP contribution in [0, 0.1) is 17.9 Å². The Bertz CT molecular complexity index is 6590. The molecule has 0 fully saturated rings. The summed E-state index contributed by atoms with van der Waals surface area (Å²) in [5, 5.41) is 14.5. The number of para-hydroxylation sites is 2. The molecule has 18 nitrogen and oxygen atoms in total. The van der Waals surface area contributed by atoms with E-state index in [1.807, 2.05) is 142 Å². The highest BCUT2D eigenvalue weighted by Crippen LogP contribution is 2.41. The predicted octanol–water partition coefficient (Wildman–Crippen LogP) is 15.4. The first kappa shape index (κ1) is 72.9. The van der Waals surface area contributed by atoms with Crippen molar-refractivity contribution in [2.24, 2.45) is 0 Å². The number of nitrogens with zero attached hydrogens (tertiary/aromatic N) is 10. The van der Waals surface area contributed by atoms with Gasteiger partial charge in [0.2, 0.25) is 5.70 Å². The van der Waals surface area contributed by atoms with Crippen LogP contribution in [-0.2, 0) is 0 Å². The van der Waals surface area contributed by atoms with Crippen LogP contribution in [0.4, 0.5) is 11.4 Å². The van der Waals surface area contributed by atoms with Crippen molar-refractivity contribution in [2.75, 3.05) is 9.80 Å². The van der Waals surface area contributed by atoms with E-state index in [1.165, 1.54) is 48.8 Å². The van der Waals surface area contributed by atoms with Crippen molar-refractivity contribution in [3.63, 3.8) is 0 Å². The minimum absolute atomic E-state index is 0.000466. The highest BCUT2D eigenvalue weighted by atomic mass is 35.5. The molecule has 0 radical (unpaired) electrons. The number of carbonyl (C=O) groups excluding carboxylic acids is 6. The summed E-state index contributed by atoms with van der Waals surface area (Å²) < 4.78 is 17.0. The molecule has 0 saturated carbocycles. The number of aromatic nitrogens is 6. The lowest BCUT2D eigenvalue weighted by molar-refractivity contribution is 0.0725. The van der Waals surface area contributed by atoms with Crippen LogP contribution in [0.2, 0.25) is 20.1 Å². The topological polar surface area (TPSA) is 217 Å². The van der Waals surface area contributed by atoms with Gasteiger partial charge in [0, 0.05) is 44.8 Å². The molecule has 0 unspecified atom stereocenters. The van der Waals surface area contributed by atoms with E-state index < -0.39 is 49.3 Å². The van der Waals surface area contributed by atoms with Gasteiger partial charge in [0.15, 0.2) is 0 Å². The molecule has 116 heavy (non-hydrogen) atoms. The van der Waals surface area contributed by atoms with E-state index in [0.29, 0.717) is 77.5 Å². The number of benzene rings is 12. The first-order chi connectivity index (χ1) is 56.6. The molecule has 0 saturated heterocycles. The number of fused-ring (bicyclic) bond motifs is 5. The van der Waals surface area contributed by atoms with Gasteiger partial charge >= 0.3 is 25.6 Å². The second kappa shape index (κ2) is 30.1. The number of ether oxygens (including phenoxy) is 2. The van der Waals surface area contributed by atoms with Crippen molar-refractivity contribution >= 4 is 173 Å². The van der Waals surface area contributed by atoms with E-state index in [2.05, 4.69) is 10.9 Å². The average molecular weight is 1590 g/mol. The molecule has 0 aliphatic carbocycles. The molecule has 24 heteroatoms. The Morgan fingerprint density at radius 3 is 1.15 bits per heavy atom. The number of hydrogen-bond donors (Lipinski definition) is 0. The fourth-order valence-electron chi connectivity index (χ4n) is 15.3. The summed E-state index contributed by atoms with van der Waals surface area (Å²) >= 11 is 27.0. The van der Waals surface area contributed by atoms with E-state index >= 15 is 9.59 Å². The molecule has 550 valence electrons. The molecule has 2 aliphatic rings. The first-order valence-corrected chi connectivity index (χ1v) is 37.7. The Balaban J connectivity index is 0.986. The van der Waals surface area contributed by atoms with Gasteiger partial charge in [-0.3, -0.25) is 34.1 Å². The van der Waals surface area contributed by atoms with Crippen molar-refractivity contribution in [2.45, 2.75) is 0 Å². The number of hydrogen-bond acceptors (Lipinski definition) is 13. The maximum Gasteiger partial charge on any atom is 0.343 e. The van der Waals surface area contributed by atoms with Gasteiger partial charge in [0.05, 0.1) is 111 Å². The monoisotopic (exact) mass is 1580 g/mol. The maximum atomic E-state index is 15.1. The van der Waals surface area contributed by atoms with E-state index in [-0.39, 0.29) is 109 Å². The van der Waals surface area contributed by atoms with Gasteiger partial charge in [0.1, 0.15) is 28.8 Å². The van der Waals surface area contributed by atoms with E-state index in [9.17, 15) is 31.0 Å². The molecule has 4 aromatic heterocycles. The molecule has 12 aromatic carbocycles. The number of imide groups is 2. The summed E-state index contributed by atoms with van der Waals surface area (Å²) in [6.45, 7) is 8.00. The standard InChI is InChI=1S/C92H50B2Cl4N10O8/c1-100-82(79-52-102-75-47-71(96)73(98)49-77(75)104-79)86-81-80(83(108(86)94(59-28-12-4-13-29-59)60-30-14-5-15-31-60)53-22-20-36-63(42-53)115-91(113)55-38-40-65-67(44-55)89(111)105(87(65)109)61-32-16-6-17-33-61)85(69(50-99)78-51-101-74-46-70(95)72(97)48-76(74)103-78)107(93(57-24-8-2-9-25-57)58-26-10-3-11-27-58)84(81)54-23-21-37-64(43-54)116-92(114)56-39-41-66-68(45-56)90(112)106(88(66)110)62-34-18-7-19-35-62/h2-49,51-52H/b85-69-,86-82+. The Kier molecular flexibility index (Phi) is 18.9. The quantitative estimate of drug-likeness (QED) is 0.0289. The zero-order valence-electron chi connectivity index (χ0n) is 60.3. The molecule has 16 aromatic rings. The third-order valence-electron chi connectivity index (χ3n) is 20.4. The molecular weight excluding hydrogens is 1540 g/mol. The lowest BCUT2D eigenvalue weighted by Gasteiger charge is -2.24. The van der Waals surface area contributed by atoms with Crippen LogP contribution in [0.15, 0.2) is 304 Å². The largest absolute Gasteiger partial charge is 0.423 e. The molecule has 4 amide bonds. The molecular formula is C92H50B2Cl4N10O8. The van der Waals surface area contributed by atoms with Crippen LogP contribution in [0.3, 0.4) is 0 Å². The lowest BCUT2D eigenvalue weighted by atomic mass is 9.50. The summed E-state index contributed by atoms with van der Waals surface area (Å²) in [5.41, 5.74) is 6.21. The third-order valence-corrected chi connectivity index (χ3v) is 21.8. The van der Waals surface area contributed by atoms with Crippen molar-refractivity contribution in [3.05, 3.63) is 391 Å². The Labute approximate surface area is 681 Å². The zero-order valence-corrected chi connectivity index (χ0v) is 63.3. The summed E-state index contributed by atoms with van der Waals surface area (Å²) in [7, 11) is 0. The molecule has 6 heterocycles. The Hall–Kier alpha value is -14.6. The van der Waals surface area contributed by atoms with Crippen molar-refractivity contribution < 1.29 is 38.2 Å². The number of rotatable bonds is 16. The maximum absolute atomic E-state index is 15.1. The van der Waals surface area contributed by atoms with Gasteiger partial charge in [-0.05, 0) is 109 Å². The van der Waals surface area contributed by atoms with Gasteiger partial charge in [-0.25, -0.2) is 29.2 Å². The number of anilines is 2. The molecule has 0 bridgehead atoms. The minimum Gasteiger partial charge on any atom is -0.423 e. The van der Waals surface area contributed by atoms with Crippen LogP contribution in [0.1, 0.15) is 73.5 Å². The van der Waals surface area contributed by atoms with Crippen molar-refractivity contribution in [1.82, 2.24) is 28.9 Å². The lowest BCUT2D eigenvalue weighted by Crippen LogP contribution is -2.54.